The second-order valence-electron chi connectivity index (χ2n) is 3.54. The summed E-state index contributed by atoms with van der Waals surface area (Å²) in [5.74, 6) is -0.941. The Kier molecular flexibility index (Phi) is 2.52. The SMILES string of the molecule is CC1CCN1Cc1nc(C(=O)O)cs1. The van der Waals surface area contributed by atoms with Gasteiger partial charge in [-0.25, -0.2) is 9.78 Å². The number of hydrogen-bond acceptors (Lipinski definition) is 4. The summed E-state index contributed by atoms with van der Waals surface area (Å²) in [6, 6.07) is 0.618. The van der Waals surface area contributed by atoms with Gasteiger partial charge >= 0.3 is 5.97 Å². The molecule has 0 saturated carbocycles. The van der Waals surface area contributed by atoms with E-state index in [1.807, 2.05) is 0 Å². The molecule has 1 saturated heterocycles. The first kappa shape index (κ1) is 9.61. The number of carbonyl (C=O) groups is 1. The predicted octanol–water partition coefficient (Wildman–Crippen LogP) is 1.44. The zero-order chi connectivity index (χ0) is 10.1. The standard InChI is InChI=1S/C9H12N2O2S/c1-6-2-3-11(6)4-8-10-7(5-14-8)9(12)13/h5-6H,2-4H2,1H3,(H,12,13). The van der Waals surface area contributed by atoms with Gasteiger partial charge in [0.2, 0.25) is 0 Å². The Hall–Kier alpha value is -0.940. The smallest absolute Gasteiger partial charge is 0.355 e. The first-order chi connectivity index (χ1) is 6.66. The minimum atomic E-state index is -0.941. The zero-order valence-electron chi connectivity index (χ0n) is 7.93. The highest BCUT2D eigenvalue weighted by Gasteiger charge is 2.24. The van der Waals surface area contributed by atoms with Gasteiger partial charge in [-0.1, -0.05) is 0 Å². The fraction of sp³-hybridized carbons (Fsp3) is 0.556. The molecule has 1 unspecified atom stereocenters. The first-order valence-corrected chi connectivity index (χ1v) is 5.46. The summed E-state index contributed by atoms with van der Waals surface area (Å²) in [6.45, 7) is 4.07. The molecule has 2 rings (SSSR count). The van der Waals surface area contributed by atoms with E-state index in [1.165, 1.54) is 17.8 Å². The molecule has 1 aromatic heterocycles. The fourth-order valence-corrected chi connectivity index (χ4v) is 2.25. The molecule has 1 aliphatic heterocycles. The van der Waals surface area contributed by atoms with E-state index in [2.05, 4.69) is 16.8 Å². The zero-order valence-corrected chi connectivity index (χ0v) is 8.75. The number of carboxylic acid groups (broad SMARTS) is 1. The Morgan fingerprint density at radius 1 is 1.86 bits per heavy atom. The Morgan fingerprint density at radius 3 is 3.07 bits per heavy atom. The van der Waals surface area contributed by atoms with Crippen LogP contribution in [0.5, 0.6) is 0 Å². The molecule has 1 atom stereocenters. The molecule has 1 aromatic rings. The van der Waals surface area contributed by atoms with Gasteiger partial charge in [-0.05, 0) is 13.3 Å². The van der Waals surface area contributed by atoms with Crippen LogP contribution in [0.2, 0.25) is 0 Å². The lowest BCUT2D eigenvalue weighted by Crippen LogP contribution is -2.44. The van der Waals surface area contributed by atoms with Crippen LogP contribution in [0.4, 0.5) is 0 Å². The van der Waals surface area contributed by atoms with Gasteiger partial charge in [0.15, 0.2) is 5.69 Å². The lowest BCUT2D eigenvalue weighted by molar-refractivity contribution is 0.0690. The molecular formula is C9H12N2O2S. The summed E-state index contributed by atoms with van der Waals surface area (Å²) in [7, 11) is 0. The Morgan fingerprint density at radius 2 is 2.64 bits per heavy atom. The van der Waals surface area contributed by atoms with Gasteiger partial charge in [0.05, 0.1) is 6.54 Å². The maximum absolute atomic E-state index is 10.6. The van der Waals surface area contributed by atoms with Crippen LogP contribution >= 0.6 is 11.3 Å². The molecule has 76 valence electrons. The van der Waals surface area contributed by atoms with E-state index < -0.39 is 5.97 Å². The largest absolute Gasteiger partial charge is 0.476 e. The van der Waals surface area contributed by atoms with Crippen molar-refractivity contribution >= 4 is 17.3 Å². The normalized spacial score (nSPS) is 21.9. The summed E-state index contributed by atoms with van der Waals surface area (Å²) < 4.78 is 0. The van der Waals surface area contributed by atoms with Crippen molar-refractivity contribution in [1.82, 2.24) is 9.88 Å². The first-order valence-electron chi connectivity index (χ1n) is 4.58. The second kappa shape index (κ2) is 3.67. The van der Waals surface area contributed by atoms with E-state index in [4.69, 9.17) is 5.11 Å². The average Bonchev–Trinajstić information content (AvgIpc) is 2.60. The van der Waals surface area contributed by atoms with Crippen molar-refractivity contribution in [2.75, 3.05) is 6.54 Å². The average molecular weight is 212 g/mol. The number of rotatable bonds is 3. The number of aromatic nitrogens is 1. The minimum Gasteiger partial charge on any atom is -0.476 e. The van der Waals surface area contributed by atoms with E-state index in [-0.39, 0.29) is 5.69 Å². The van der Waals surface area contributed by atoms with Crippen molar-refractivity contribution in [2.24, 2.45) is 0 Å². The molecule has 0 spiro atoms. The third-order valence-electron chi connectivity index (χ3n) is 2.57. The summed E-state index contributed by atoms with van der Waals surface area (Å²) in [5.41, 5.74) is 0.165. The number of carboxylic acids is 1. The number of aromatic carboxylic acids is 1. The minimum absolute atomic E-state index is 0.165. The second-order valence-corrected chi connectivity index (χ2v) is 4.48. The summed E-state index contributed by atoms with van der Waals surface area (Å²) >= 11 is 1.42. The molecule has 0 amide bonds. The molecule has 0 bridgehead atoms. The molecule has 1 fully saturated rings. The van der Waals surface area contributed by atoms with Gasteiger partial charge in [0, 0.05) is 18.0 Å². The van der Waals surface area contributed by atoms with Gasteiger partial charge in [-0.3, -0.25) is 4.90 Å². The van der Waals surface area contributed by atoms with Crippen molar-refractivity contribution in [2.45, 2.75) is 25.9 Å². The molecule has 5 heteroatoms. The summed E-state index contributed by atoms with van der Waals surface area (Å²) in [4.78, 5) is 16.9. The number of nitrogens with zero attached hydrogens (tertiary/aromatic N) is 2. The van der Waals surface area contributed by atoms with Crippen molar-refractivity contribution in [3.05, 3.63) is 16.1 Å². The van der Waals surface area contributed by atoms with Crippen LogP contribution in [-0.4, -0.2) is 33.5 Å². The van der Waals surface area contributed by atoms with Crippen LogP contribution < -0.4 is 0 Å². The van der Waals surface area contributed by atoms with Crippen LogP contribution in [0.15, 0.2) is 5.38 Å². The highest BCUT2D eigenvalue weighted by Crippen LogP contribution is 2.21. The molecular weight excluding hydrogens is 200 g/mol. The lowest BCUT2D eigenvalue weighted by atomic mass is 10.1. The highest BCUT2D eigenvalue weighted by atomic mass is 32.1. The quantitative estimate of drug-likeness (QED) is 0.823. The predicted molar refractivity (Wildman–Crippen MR) is 53.6 cm³/mol. The van der Waals surface area contributed by atoms with Crippen LogP contribution in [0.1, 0.15) is 28.8 Å². The topological polar surface area (TPSA) is 53.4 Å². The van der Waals surface area contributed by atoms with E-state index in [9.17, 15) is 4.79 Å². The molecule has 1 aliphatic rings. The van der Waals surface area contributed by atoms with E-state index in [0.29, 0.717) is 6.04 Å². The van der Waals surface area contributed by atoms with Gasteiger partial charge < -0.3 is 5.11 Å². The third-order valence-corrected chi connectivity index (χ3v) is 3.40. The van der Waals surface area contributed by atoms with Crippen molar-refractivity contribution in [3.63, 3.8) is 0 Å². The van der Waals surface area contributed by atoms with Crippen molar-refractivity contribution < 1.29 is 9.90 Å². The Labute approximate surface area is 86.2 Å². The summed E-state index contributed by atoms with van der Waals surface area (Å²) in [5, 5.41) is 11.2. The van der Waals surface area contributed by atoms with Gasteiger partial charge in [0.25, 0.3) is 0 Å². The monoisotopic (exact) mass is 212 g/mol. The van der Waals surface area contributed by atoms with Crippen LogP contribution in [-0.2, 0) is 6.54 Å². The molecule has 0 aliphatic carbocycles. The summed E-state index contributed by atoms with van der Waals surface area (Å²) in [6.07, 6.45) is 1.23. The van der Waals surface area contributed by atoms with E-state index in [1.54, 1.807) is 5.38 Å². The van der Waals surface area contributed by atoms with Crippen LogP contribution in [0, 0.1) is 0 Å². The number of hydrogen-bond donors (Lipinski definition) is 1. The molecule has 0 radical (unpaired) electrons. The van der Waals surface area contributed by atoms with Crippen LogP contribution in [0.25, 0.3) is 0 Å². The fourth-order valence-electron chi connectivity index (χ4n) is 1.46. The third kappa shape index (κ3) is 1.78. The molecule has 4 nitrogen and oxygen atoms in total. The molecule has 14 heavy (non-hydrogen) atoms. The highest BCUT2D eigenvalue weighted by molar-refractivity contribution is 7.09. The number of thiazole rings is 1. The van der Waals surface area contributed by atoms with Gasteiger partial charge in [-0.15, -0.1) is 11.3 Å². The molecule has 2 heterocycles. The molecule has 0 aromatic carbocycles. The maximum atomic E-state index is 10.6. The molecule has 1 N–H and O–H groups in total. The Bertz CT molecular complexity index is 350. The Balaban J connectivity index is 1.99. The van der Waals surface area contributed by atoms with E-state index >= 15 is 0 Å². The lowest BCUT2D eigenvalue weighted by Gasteiger charge is -2.37. The van der Waals surface area contributed by atoms with Gasteiger partial charge in [-0.2, -0.15) is 0 Å². The van der Waals surface area contributed by atoms with Crippen molar-refractivity contribution in [3.8, 4) is 0 Å². The van der Waals surface area contributed by atoms with E-state index in [0.717, 1.165) is 18.1 Å². The van der Waals surface area contributed by atoms with Crippen molar-refractivity contribution in [1.29, 1.82) is 0 Å². The van der Waals surface area contributed by atoms with Gasteiger partial charge in [0.1, 0.15) is 5.01 Å². The maximum Gasteiger partial charge on any atom is 0.355 e. The van der Waals surface area contributed by atoms with Crippen LogP contribution in [0.3, 0.4) is 0 Å². The number of likely N-dealkylation sites (tertiary alicyclic amines) is 1.